The van der Waals surface area contributed by atoms with Crippen molar-refractivity contribution in [3.63, 3.8) is 0 Å². The molecule has 3 rings (SSSR count). The van der Waals surface area contributed by atoms with Crippen molar-refractivity contribution in [3.05, 3.63) is 95.3 Å². The minimum Gasteiger partial charge on any atom is -0.493 e. The Balaban J connectivity index is 1.58. The zero-order valence-corrected chi connectivity index (χ0v) is 18.9. The number of rotatable bonds is 11. The number of benzene rings is 2. The molecular weight excluding hydrogens is 442 g/mol. The fourth-order valence-electron chi connectivity index (χ4n) is 2.95. The number of para-hydroxylation sites is 1. The fraction of sp³-hybridized carbons (Fsp3) is 0.160. The highest BCUT2D eigenvalue weighted by atomic mass is 35.5. The van der Waals surface area contributed by atoms with E-state index in [0.29, 0.717) is 34.3 Å². The minimum absolute atomic E-state index is 0.272. The van der Waals surface area contributed by atoms with Gasteiger partial charge in [-0.05, 0) is 47.9 Å². The van der Waals surface area contributed by atoms with Crippen molar-refractivity contribution in [2.24, 2.45) is 5.10 Å². The molecule has 0 atom stereocenters. The lowest BCUT2D eigenvalue weighted by molar-refractivity contribution is 0.0955. The standard InChI is InChI=1S/C25H24ClN3O4/c1-3-6-19-7-4-5-8-22(19)32-13-14-33-24-21(26)15-18(16-23(24)31-2)17-28-29-25(30)20-9-11-27-12-10-20/h3-5,7-12,15-17H,1,6,13-14H2,2H3,(H,29,30)/b28-17-. The first kappa shape index (κ1) is 23.8. The van der Waals surface area contributed by atoms with E-state index in [4.69, 9.17) is 25.8 Å². The number of carbonyl (C=O) groups is 1. The molecule has 0 aliphatic rings. The number of amides is 1. The number of hydrogen-bond donors (Lipinski definition) is 1. The predicted octanol–water partition coefficient (Wildman–Crippen LogP) is 4.69. The maximum Gasteiger partial charge on any atom is 0.271 e. The van der Waals surface area contributed by atoms with Crippen LogP contribution in [0.2, 0.25) is 5.02 Å². The van der Waals surface area contributed by atoms with Gasteiger partial charge in [-0.15, -0.1) is 6.58 Å². The molecule has 3 aromatic rings. The zero-order chi connectivity index (χ0) is 23.5. The number of hydrogen-bond acceptors (Lipinski definition) is 6. The van der Waals surface area contributed by atoms with Gasteiger partial charge in [0.1, 0.15) is 19.0 Å². The lowest BCUT2D eigenvalue weighted by Gasteiger charge is -2.14. The molecule has 0 unspecified atom stereocenters. The lowest BCUT2D eigenvalue weighted by Crippen LogP contribution is -2.17. The zero-order valence-electron chi connectivity index (χ0n) is 18.2. The molecule has 33 heavy (non-hydrogen) atoms. The van der Waals surface area contributed by atoms with E-state index in [1.165, 1.54) is 25.7 Å². The average molecular weight is 466 g/mol. The molecule has 7 nitrogen and oxygen atoms in total. The quantitative estimate of drug-likeness (QED) is 0.192. The van der Waals surface area contributed by atoms with Gasteiger partial charge in [-0.2, -0.15) is 5.10 Å². The molecule has 1 amide bonds. The van der Waals surface area contributed by atoms with Gasteiger partial charge in [0.05, 0.1) is 18.3 Å². The highest BCUT2D eigenvalue weighted by molar-refractivity contribution is 6.32. The summed E-state index contributed by atoms with van der Waals surface area (Å²) in [6.07, 6.45) is 7.10. The third-order valence-electron chi connectivity index (χ3n) is 4.50. The molecule has 0 spiro atoms. The average Bonchev–Trinajstić information content (AvgIpc) is 2.84. The second kappa shape index (κ2) is 12.3. The molecule has 1 heterocycles. The Labute approximate surface area is 197 Å². The number of pyridine rings is 1. The van der Waals surface area contributed by atoms with Crippen LogP contribution in [0.4, 0.5) is 0 Å². The molecule has 0 saturated carbocycles. The van der Waals surface area contributed by atoms with Gasteiger partial charge in [0, 0.05) is 18.0 Å². The third-order valence-corrected chi connectivity index (χ3v) is 4.78. The van der Waals surface area contributed by atoms with E-state index in [1.54, 1.807) is 24.3 Å². The van der Waals surface area contributed by atoms with Crippen molar-refractivity contribution in [1.29, 1.82) is 0 Å². The Kier molecular flexibility index (Phi) is 8.85. The SMILES string of the molecule is C=CCc1ccccc1OCCOc1c(Cl)cc(/C=N\NC(=O)c2ccncc2)cc1OC. The van der Waals surface area contributed by atoms with Gasteiger partial charge in [0.25, 0.3) is 5.91 Å². The van der Waals surface area contributed by atoms with E-state index in [0.717, 1.165) is 17.7 Å². The predicted molar refractivity (Wildman–Crippen MR) is 129 cm³/mol. The van der Waals surface area contributed by atoms with Crippen LogP contribution in [0.3, 0.4) is 0 Å². The first-order valence-corrected chi connectivity index (χ1v) is 10.6. The van der Waals surface area contributed by atoms with Crippen LogP contribution in [-0.4, -0.2) is 37.4 Å². The number of hydrazone groups is 1. The third kappa shape index (κ3) is 6.82. The number of aromatic nitrogens is 1. The van der Waals surface area contributed by atoms with Crippen LogP contribution < -0.4 is 19.6 Å². The molecule has 0 fully saturated rings. The summed E-state index contributed by atoms with van der Waals surface area (Å²) in [7, 11) is 1.52. The Morgan fingerprint density at radius 3 is 2.64 bits per heavy atom. The van der Waals surface area contributed by atoms with Crippen molar-refractivity contribution in [3.8, 4) is 17.2 Å². The topological polar surface area (TPSA) is 82.0 Å². The summed E-state index contributed by atoms with van der Waals surface area (Å²) < 4.78 is 17.1. The van der Waals surface area contributed by atoms with Crippen LogP contribution in [0.25, 0.3) is 0 Å². The molecule has 0 saturated heterocycles. The normalized spacial score (nSPS) is 10.6. The molecule has 0 aliphatic carbocycles. The number of nitrogens with zero attached hydrogens (tertiary/aromatic N) is 2. The van der Waals surface area contributed by atoms with Crippen LogP contribution in [0, 0.1) is 0 Å². The first-order valence-electron chi connectivity index (χ1n) is 10.2. The number of methoxy groups -OCH3 is 1. The largest absolute Gasteiger partial charge is 0.493 e. The van der Waals surface area contributed by atoms with Crippen molar-refractivity contribution >= 4 is 23.7 Å². The summed E-state index contributed by atoms with van der Waals surface area (Å²) in [5, 5.41) is 4.32. The minimum atomic E-state index is -0.346. The van der Waals surface area contributed by atoms with Gasteiger partial charge in [-0.3, -0.25) is 9.78 Å². The number of halogens is 1. The van der Waals surface area contributed by atoms with Gasteiger partial charge >= 0.3 is 0 Å². The smallest absolute Gasteiger partial charge is 0.271 e. The number of carbonyl (C=O) groups excluding carboxylic acids is 1. The Hall–Kier alpha value is -3.84. The Bertz CT molecular complexity index is 1120. The van der Waals surface area contributed by atoms with Crippen molar-refractivity contribution < 1.29 is 19.0 Å². The van der Waals surface area contributed by atoms with Gasteiger partial charge in [-0.25, -0.2) is 5.43 Å². The van der Waals surface area contributed by atoms with Gasteiger partial charge < -0.3 is 14.2 Å². The molecule has 170 valence electrons. The second-order valence-corrected chi connectivity index (χ2v) is 7.17. The van der Waals surface area contributed by atoms with E-state index in [1.807, 2.05) is 30.3 Å². The Morgan fingerprint density at radius 2 is 1.88 bits per heavy atom. The molecular formula is C25H24ClN3O4. The fourth-order valence-corrected chi connectivity index (χ4v) is 3.23. The molecule has 0 aliphatic heterocycles. The first-order chi connectivity index (χ1) is 16.1. The lowest BCUT2D eigenvalue weighted by atomic mass is 10.1. The highest BCUT2D eigenvalue weighted by Gasteiger charge is 2.12. The summed E-state index contributed by atoms with van der Waals surface area (Å²) in [4.78, 5) is 15.9. The van der Waals surface area contributed by atoms with E-state index in [2.05, 4.69) is 22.1 Å². The summed E-state index contributed by atoms with van der Waals surface area (Å²) in [5.74, 6) is 1.29. The number of nitrogens with one attached hydrogen (secondary N) is 1. The molecule has 0 bridgehead atoms. The molecule has 1 aromatic heterocycles. The maximum atomic E-state index is 12.0. The van der Waals surface area contributed by atoms with E-state index in [-0.39, 0.29) is 12.5 Å². The van der Waals surface area contributed by atoms with Gasteiger partial charge in [-0.1, -0.05) is 35.9 Å². The molecule has 1 N–H and O–H groups in total. The van der Waals surface area contributed by atoms with E-state index >= 15 is 0 Å². The van der Waals surface area contributed by atoms with Gasteiger partial charge in [0.2, 0.25) is 0 Å². The molecule has 8 heteroatoms. The summed E-state index contributed by atoms with van der Waals surface area (Å²) in [6, 6.07) is 14.4. The Morgan fingerprint density at radius 1 is 1.12 bits per heavy atom. The van der Waals surface area contributed by atoms with Gasteiger partial charge in [0.15, 0.2) is 11.5 Å². The van der Waals surface area contributed by atoms with Crippen LogP contribution >= 0.6 is 11.6 Å². The van der Waals surface area contributed by atoms with Crippen molar-refractivity contribution in [2.45, 2.75) is 6.42 Å². The highest BCUT2D eigenvalue weighted by Crippen LogP contribution is 2.36. The summed E-state index contributed by atoms with van der Waals surface area (Å²) in [5.41, 5.74) is 4.60. The number of ether oxygens (including phenoxy) is 3. The summed E-state index contributed by atoms with van der Waals surface area (Å²) in [6.45, 7) is 4.37. The molecule has 2 aromatic carbocycles. The van der Waals surface area contributed by atoms with E-state index in [9.17, 15) is 4.79 Å². The van der Waals surface area contributed by atoms with Crippen LogP contribution in [0.1, 0.15) is 21.5 Å². The van der Waals surface area contributed by atoms with Crippen molar-refractivity contribution in [1.82, 2.24) is 10.4 Å². The number of allylic oxidation sites excluding steroid dienone is 1. The molecule has 0 radical (unpaired) electrons. The second-order valence-electron chi connectivity index (χ2n) is 6.77. The monoisotopic (exact) mass is 465 g/mol. The van der Waals surface area contributed by atoms with Crippen LogP contribution in [0.15, 0.2) is 78.7 Å². The van der Waals surface area contributed by atoms with Crippen LogP contribution in [-0.2, 0) is 6.42 Å². The van der Waals surface area contributed by atoms with E-state index < -0.39 is 0 Å². The van der Waals surface area contributed by atoms with Crippen molar-refractivity contribution in [2.75, 3.05) is 20.3 Å². The van der Waals surface area contributed by atoms with Crippen LogP contribution in [0.5, 0.6) is 17.2 Å². The maximum absolute atomic E-state index is 12.0. The summed E-state index contributed by atoms with van der Waals surface area (Å²) >= 11 is 6.40.